The van der Waals surface area contributed by atoms with Crippen molar-refractivity contribution in [2.45, 2.75) is 47.6 Å². The van der Waals surface area contributed by atoms with Gasteiger partial charge in [-0.2, -0.15) is 0 Å². The first kappa shape index (κ1) is 21.3. The zero-order chi connectivity index (χ0) is 20.7. The van der Waals surface area contributed by atoms with Crippen molar-refractivity contribution in [2.24, 2.45) is 5.73 Å². The molecule has 0 saturated heterocycles. The maximum atomic E-state index is 12.4. The van der Waals surface area contributed by atoms with E-state index in [2.05, 4.69) is 31.3 Å². The minimum Gasteiger partial charge on any atom is -0.457 e. The van der Waals surface area contributed by atoms with Crippen LogP contribution in [0.5, 0.6) is 11.5 Å². The third-order valence-corrected chi connectivity index (χ3v) is 4.66. The standard InChI is InChI=1S/C24H30N2O2/c1-6-7-8-22(19(5)25)24(27)26-15-20-11-13-21(14-12-20)28-23-17(3)10-9-16(2)18(23)4/h7-14H,6,15,25H2,1-5H3,(H,26,27)/b8-7-,22-19-. The predicted octanol–water partition coefficient (Wildman–Crippen LogP) is 5.22. The van der Waals surface area contributed by atoms with E-state index in [1.54, 1.807) is 13.0 Å². The third kappa shape index (κ3) is 5.49. The minimum atomic E-state index is -0.170. The molecule has 2 rings (SSSR count). The molecule has 0 bridgehead atoms. The van der Waals surface area contributed by atoms with Gasteiger partial charge in [-0.3, -0.25) is 4.79 Å². The van der Waals surface area contributed by atoms with Gasteiger partial charge in [-0.15, -0.1) is 0 Å². The van der Waals surface area contributed by atoms with Gasteiger partial charge in [0.2, 0.25) is 0 Å². The quantitative estimate of drug-likeness (QED) is 0.513. The first-order valence-corrected chi connectivity index (χ1v) is 9.58. The lowest BCUT2D eigenvalue weighted by atomic mass is 10.1. The van der Waals surface area contributed by atoms with E-state index in [4.69, 9.17) is 10.5 Å². The van der Waals surface area contributed by atoms with Crippen molar-refractivity contribution in [1.29, 1.82) is 0 Å². The van der Waals surface area contributed by atoms with E-state index in [1.807, 2.05) is 44.2 Å². The molecule has 0 heterocycles. The number of nitrogens with two attached hydrogens (primary N) is 1. The summed E-state index contributed by atoms with van der Waals surface area (Å²) in [6.07, 6.45) is 4.55. The Morgan fingerprint density at radius 2 is 1.71 bits per heavy atom. The molecule has 0 aliphatic carbocycles. The Bertz CT molecular complexity index is 890. The second kappa shape index (κ2) is 9.79. The van der Waals surface area contributed by atoms with Crippen molar-refractivity contribution in [3.63, 3.8) is 0 Å². The largest absolute Gasteiger partial charge is 0.457 e. The summed E-state index contributed by atoms with van der Waals surface area (Å²) in [5.41, 5.74) is 11.3. The molecule has 1 amide bonds. The summed E-state index contributed by atoms with van der Waals surface area (Å²) in [5.74, 6) is 1.50. The van der Waals surface area contributed by atoms with Crippen LogP contribution in [0.3, 0.4) is 0 Å². The normalized spacial score (nSPS) is 12.0. The zero-order valence-corrected chi connectivity index (χ0v) is 17.4. The molecule has 3 N–H and O–H groups in total. The number of benzene rings is 2. The molecular formula is C24H30N2O2. The first-order chi connectivity index (χ1) is 13.3. The average Bonchev–Trinajstić information content (AvgIpc) is 2.67. The van der Waals surface area contributed by atoms with Gasteiger partial charge in [0.1, 0.15) is 11.5 Å². The van der Waals surface area contributed by atoms with Crippen LogP contribution in [-0.4, -0.2) is 5.91 Å². The molecule has 0 unspecified atom stereocenters. The molecule has 0 aliphatic rings. The third-order valence-electron chi connectivity index (χ3n) is 4.66. The summed E-state index contributed by atoms with van der Waals surface area (Å²) in [6, 6.07) is 11.9. The van der Waals surface area contributed by atoms with Gasteiger partial charge in [-0.25, -0.2) is 0 Å². The number of rotatable bonds is 7. The maximum Gasteiger partial charge on any atom is 0.253 e. The van der Waals surface area contributed by atoms with Gasteiger partial charge >= 0.3 is 0 Å². The number of aryl methyl sites for hydroxylation is 2. The van der Waals surface area contributed by atoms with Crippen molar-refractivity contribution in [2.75, 3.05) is 0 Å². The number of allylic oxidation sites excluding steroid dienone is 2. The number of hydrogen-bond donors (Lipinski definition) is 2. The van der Waals surface area contributed by atoms with E-state index in [0.717, 1.165) is 34.6 Å². The highest BCUT2D eigenvalue weighted by molar-refractivity contribution is 5.96. The Morgan fingerprint density at radius 1 is 1.07 bits per heavy atom. The highest BCUT2D eigenvalue weighted by atomic mass is 16.5. The minimum absolute atomic E-state index is 0.170. The summed E-state index contributed by atoms with van der Waals surface area (Å²) < 4.78 is 6.09. The van der Waals surface area contributed by atoms with E-state index >= 15 is 0 Å². The fraction of sp³-hybridized carbons (Fsp3) is 0.292. The second-order valence-corrected chi connectivity index (χ2v) is 6.99. The number of carbonyl (C=O) groups excluding carboxylic acids is 1. The molecule has 0 radical (unpaired) electrons. The van der Waals surface area contributed by atoms with E-state index in [0.29, 0.717) is 17.8 Å². The molecule has 0 spiro atoms. The highest BCUT2D eigenvalue weighted by Crippen LogP contribution is 2.30. The summed E-state index contributed by atoms with van der Waals surface area (Å²) in [6.45, 7) is 10.4. The van der Waals surface area contributed by atoms with Crippen molar-refractivity contribution in [3.05, 3.63) is 82.1 Å². The average molecular weight is 379 g/mol. The molecule has 0 aromatic heterocycles. The molecule has 28 heavy (non-hydrogen) atoms. The van der Waals surface area contributed by atoms with Gasteiger partial charge in [0, 0.05) is 12.2 Å². The fourth-order valence-electron chi connectivity index (χ4n) is 2.78. The number of amides is 1. The van der Waals surface area contributed by atoms with Gasteiger partial charge in [0.15, 0.2) is 0 Å². The number of carbonyl (C=O) groups is 1. The van der Waals surface area contributed by atoms with Crippen LogP contribution in [0, 0.1) is 20.8 Å². The molecular weight excluding hydrogens is 348 g/mol. The Balaban J connectivity index is 2.04. The van der Waals surface area contributed by atoms with Crippen molar-refractivity contribution in [3.8, 4) is 11.5 Å². The molecule has 4 heteroatoms. The highest BCUT2D eigenvalue weighted by Gasteiger charge is 2.10. The fourth-order valence-corrected chi connectivity index (χ4v) is 2.78. The Labute approximate surface area is 168 Å². The van der Waals surface area contributed by atoms with E-state index in [9.17, 15) is 4.79 Å². The lowest BCUT2D eigenvalue weighted by molar-refractivity contribution is -0.117. The van der Waals surface area contributed by atoms with Gasteiger partial charge < -0.3 is 15.8 Å². The summed E-state index contributed by atoms with van der Waals surface area (Å²) >= 11 is 0. The lowest BCUT2D eigenvalue weighted by Gasteiger charge is -2.14. The van der Waals surface area contributed by atoms with Crippen LogP contribution >= 0.6 is 0 Å². The van der Waals surface area contributed by atoms with E-state index < -0.39 is 0 Å². The molecule has 4 nitrogen and oxygen atoms in total. The Hall–Kier alpha value is -3.01. The molecule has 0 saturated carbocycles. The first-order valence-electron chi connectivity index (χ1n) is 9.58. The van der Waals surface area contributed by atoms with Crippen LogP contribution in [0.15, 0.2) is 59.8 Å². The van der Waals surface area contributed by atoms with Crippen LogP contribution in [0.25, 0.3) is 0 Å². The number of ether oxygens (including phenoxy) is 1. The number of hydrogen-bond acceptors (Lipinski definition) is 3. The van der Waals surface area contributed by atoms with Crippen LogP contribution in [0.1, 0.15) is 42.5 Å². The topological polar surface area (TPSA) is 64.3 Å². The van der Waals surface area contributed by atoms with Crippen LogP contribution in [0.2, 0.25) is 0 Å². The monoisotopic (exact) mass is 378 g/mol. The smallest absolute Gasteiger partial charge is 0.253 e. The van der Waals surface area contributed by atoms with Crippen molar-refractivity contribution >= 4 is 5.91 Å². The summed E-state index contributed by atoms with van der Waals surface area (Å²) in [7, 11) is 0. The van der Waals surface area contributed by atoms with Crippen LogP contribution in [-0.2, 0) is 11.3 Å². The summed E-state index contributed by atoms with van der Waals surface area (Å²) in [4.78, 5) is 12.4. The zero-order valence-electron chi connectivity index (χ0n) is 17.4. The van der Waals surface area contributed by atoms with Crippen molar-refractivity contribution < 1.29 is 9.53 Å². The van der Waals surface area contributed by atoms with Gasteiger partial charge in [0.25, 0.3) is 5.91 Å². The van der Waals surface area contributed by atoms with E-state index in [-0.39, 0.29) is 5.91 Å². The number of nitrogens with one attached hydrogen (secondary N) is 1. The molecule has 2 aromatic carbocycles. The lowest BCUT2D eigenvalue weighted by Crippen LogP contribution is -2.25. The van der Waals surface area contributed by atoms with Gasteiger partial charge in [-0.05, 0) is 68.5 Å². The molecule has 0 fully saturated rings. The van der Waals surface area contributed by atoms with Crippen LogP contribution in [0.4, 0.5) is 0 Å². The second-order valence-electron chi connectivity index (χ2n) is 6.99. The molecule has 0 aliphatic heterocycles. The summed E-state index contributed by atoms with van der Waals surface area (Å²) in [5, 5.41) is 2.92. The van der Waals surface area contributed by atoms with Gasteiger partial charge in [0.05, 0.1) is 5.57 Å². The van der Waals surface area contributed by atoms with Crippen molar-refractivity contribution in [1.82, 2.24) is 5.32 Å². The molecule has 148 valence electrons. The van der Waals surface area contributed by atoms with E-state index in [1.165, 1.54) is 5.56 Å². The molecule has 0 atom stereocenters. The predicted molar refractivity (Wildman–Crippen MR) is 115 cm³/mol. The van der Waals surface area contributed by atoms with Crippen LogP contribution < -0.4 is 15.8 Å². The SMILES string of the molecule is CC/C=C\C(C(=O)NCc1ccc(Oc2c(C)ccc(C)c2C)cc1)=C(/C)N. The maximum absolute atomic E-state index is 12.4. The Kier molecular flexibility index (Phi) is 7.44. The molecule has 2 aromatic rings. The van der Waals surface area contributed by atoms with Gasteiger partial charge in [-0.1, -0.05) is 43.3 Å². The Morgan fingerprint density at radius 3 is 2.32 bits per heavy atom.